The summed E-state index contributed by atoms with van der Waals surface area (Å²) < 4.78 is 0. The summed E-state index contributed by atoms with van der Waals surface area (Å²) in [6, 6.07) is 9.66. The van der Waals surface area contributed by atoms with Crippen LogP contribution in [0.5, 0.6) is 0 Å². The van der Waals surface area contributed by atoms with E-state index in [2.05, 4.69) is 5.23 Å². The van der Waals surface area contributed by atoms with E-state index in [-0.39, 0.29) is 0 Å². The molecule has 10 heavy (non-hydrogen) atoms. The quantitative estimate of drug-likeness (QED) is 0.604. The number of rotatable bonds is 2. The van der Waals surface area contributed by atoms with Gasteiger partial charge < -0.3 is 5.23 Å². The Balaban J connectivity index is 2.52. The second-order valence-corrected chi connectivity index (χ2v) is 1.88. The highest BCUT2D eigenvalue weighted by molar-refractivity contribution is 6.49. The second-order valence-electron chi connectivity index (χ2n) is 1.88. The largest absolute Gasteiger partial charge is 0.418 e. The molecule has 2 nitrogen and oxygen atoms in total. The molecule has 0 radical (unpaired) electrons. The van der Waals surface area contributed by atoms with Crippen molar-refractivity contribution in [3.63, 3.8) is 0 Å². The van der Waals surface area contributed by atoms with Gasteiger partial charge in [-0.3, -0.25) is 0 Å². The molecule has 0 saturated heterocycles. The van der Waals surface area contributed by atoms with E-state index in [1.54, 1.807) is 0 Å². The molecule has 0 heterocycles. The van der Waals surface area contributed by atoms with Gasteiger partial charge in [0.05, 0.1) is 0 Å². The molecule has 0 aliphatic rings. The third kappa shape index (κ3) is 1.83. The van der Waals surface area contributed by atoms with Crippen molar-refractivity contribution in [2.45, 2.75) is 0 Å². The van der Waals surface area contributed by atoms with Gasteiger partial charge in [-0.15, -0.1) is 0 Å². The molecule has 0 aromatic heterocycles. The summed E-state index contributed by atoms with van der Waals surface area (Å²) in [7, 11) is 0.365. The van der Waals surface area contributed by atoms with E-state index in [9.17, 15) is 0 Å². The van der Waals surface area contributed by atoms with Crippen molar-refractivity contribution in [1.82, 2.24) is 0 Å². The van der Waals surface area contributed by atoms with Gasteiger partial charge in [0.1, 0.15) is 0 Å². The van der Waals surface area contributed by atoms with E-state index < -0.39 is 0 Å². The van der Waals surface area contributed by atoms with Gasteiger partial charge in [0.15, 0.2) is 0 Å². The fraction of sp³-hybridized carbons (Fsp3) is 0. The first-order chi connectivity index (χ1) is 4.93. The molecule has 48 valence electrons. The lowest BCUT2D eigenvalue weighted by molar-refractivity contribution is 1.56. The Morgan fingerprint density at radius 3 is 2.60 bits per heavy atom. The molecule has 0 amide bonds. The molecule has 0 saturated carbocycles. The Kier molecular flexibility index (Phi) is 2.39. The average molecular weight is 130 g/mol. The van der Waals surface area contributed by atoms with E-state index in [1.165, 1.54) is 0 Å². The molecule has 1 aromatic carbocycles. The van der Waals surface area contributed by atoms with E-state index >= 15 is 0 Å². The topological polar surface area (TPSA) is 35.8 Å². The number of hydrogen-bond acceptors (Lipinski definition) is 2. The lowest BCUT2D eigenvalue weighted by atomic mass is 9.98. The first kappa shape index (κ1) is 6.69. The predicted molar refractivity (Wildman–Crippen MR) is 42.8 cm³/mol. The minimum absolute atomic E-state index is 0.365. The zero-order valence-corrected chi connectivity index (χ0v) is 5.54. The first-order valence-corrected chi connectivity index (χ1v) is 3.09. The van der Waals surface area contributed by atoms with Crippen LogP contribution in [-0.2, 0) is 0 Å². The van der Waals surface area contributed by atoms with Crippen molar-refractivity contribution >= 4 is 13.1 Å². The molecule has 0 aliphatic carbocycles. The van der Waals surface area contributed by atoms with E-state index in [1.807, 2.05) is 36.3 Å². The molecule has 0 unspecified atom stereocenters. The van der Waals surface area contributed by atoms with Crippen molar-refractivity contribution in [3.8, 4) is 5.97 Å². The summed E-state index contributed by atoms with van der Waals surface area (Å²) in [4.78, 5) is 0. The van der Waals surface area contributed by atoms with Crippen molar-refractivity contribution in [2.75, 3.05) is 5.23 Å². The smallest absolute Gasteiger partial charge is 0.358 e. The van der Waals surface area contributed by atoms with Crippen molar-refractivity contribution < 1.29 is 0 Å². The number of para-hydroxylation sites is 1. The maximum absolute atomic E-state index is 8.22. The minimum Gasteiger partial charge on any atom is -0.418 e. The van der Waals surface area contributed by atoms with Crippen molar-refractivity contribution in [3.05, 3.63) is 30.3 Å². The third-order valence-corrected chi connectivity index (χ3v) is 1.15. The van der Waals surface area contributed by atoms with Crippen LogP contribution in [0.2, 0.25) is 0 Å². The zero-order valence-electron chi connectivity index (χ0n) is 5.54. The van der Waals surface area contributed by atoms with E-state index in [4.69, 9.17) is 5.26 Å². The lowest BCUT2D eigenvalue weighted by Crippen LogP contribution is -2.01. The summed E-state index contributed by atoms with van der Waals surface area (Å²) in [6.07, 6.45) is 0. The maximum atomic E-state index is 8.22. The third-order valence-electron chi connectivity index (χ3n) is 1.15. The van der Waals surface area contributed by atoms with Crippen LogP contribution in [0.4, 0.5) is 5.69 Å². The van der Waals surface area contributed by atoms with Crippen LogP contribution in [-0.4, -0.2) is 7.41 Å². The highest BCUT2D eigenvalue weighted by Gasteiger charge is 1.86. The summed E-state index contributed by atoms with van der Waals surface area (Å²) in [6.45, 7) is 0. The monoisotopic (exact) mass is 130 g/mol. The molecule has 0 spiro atoms. The number of nitrogens with one attached hydrogen (secondary N) is 1. The van der Waals surface area contributed by atoms with Crippen LogP contribution in [0.25, 0.3) is 0 Å². The Hall–Kier alpha value is -1.43. The van der Waals surface area contributed by atoms with Crippen molar-refractivity contribution in [1.29, 1.82) is 5.26 Å². The van der Waals surface area contributed by atoms with Crippen LogP contribution < -0.4 is 5.23 Å². The highest BCUT2D eigenvalue weighted by atomic mass is 14.8. The maximum Gasteiger partial charge on any atom is 0.358 e. The molecule has 0 bridgehead atoms. The summed E-state index contributed by atoms with van der Waals surface area (Å²) in [5.74, 6) is 2.01. The Morgan fingerprint density at radius 1 is 1.30 bits per heavy atom. The number of nitriles is 1. The summed E-state index contributed by atoms with van der Waals surface area (Å²) >= 11 is 0. The Bertz CT molecular complexity index is 227. The number of hydrogen-bond donors (Lipinski definition) is 1. The first-order valence-electron chi connectivity index (χ1n) is 3.09. The van der Waals surface area contributed by atoms with E-state index in [0.717, 1.165) is 5.69 Å². The molecule has 1 N–H and O–H groups in total. The van der Waals surface area contributed by atoms with Crippen molar-refractivity contribution in [2.24, 2.45) is 0 Å². The molecule has 0 atom stereocenters. The fourth-order valence-electron chi connectivity index (χ4n) is 0.698. The molecular weight excluding hydrogens is 123 g/mol. The van der Waals surface area contributed by atoms with Gasteiger partial charge in [0, 0.05) is 11.7 Å². The van der Waals surface area contributed by atoms with E-state index in [0.29, 0.717) is 7.41 Å². The molecule has 1 aromatic rings. The predicted octanol–water partition coefficient (Wildman–Crippen LogP) is 0.931. The Morgan fingerprint density at radius 2 is 2.00 bits per heavy atom. The molecule has 0 aliphatic heterocycles. The van der Waals surface area contributed by atoms with Gasteiger partial charge in [0.2, 0.25) is 0 Å². The van der Waals surface area contributed by atoms with Gasteiger partial charge in [-0.2, -0.15) is 0 Å². The van der Waals surface area contributed by atoms with Crippen LogP contribution in [0.1, 0.15) is 0 Å². The number of anilines is 1. The minimum atomic E-state index is 0.365. The van der Waals surface area contributed by atoms with Crippen LogP contribution in [0, 0.1) is 11.2 Å². The van der Waals surface area contributed by atoms with Gasteiger partial charge >= 0.3 is 7.41 Å². The normalized spacial score (nSPS) is 7.90. The molecule has 0 fully saturated rings. The standard InChI is InChI=1S/C7H7BN2/c9-6-8-10-7-4-2-1-3-5-7/h1-5,8,10H. The number of benzene rings is 1. The molecule has 1 rings (SSSR count). The highest BCUT2D eigenvalue weighted by Crippen LogP contribution is 2.02. The van der Waals surface area contributed by atoms with Gasteiger partial charge in [0.25, 0.3) is 0 Å². The zero-order chi connectivity index (χ0) is 7.23. The van der Waals surface area contributed by atoms with Crippen LogP contribution in [0.15, 0.2) is 30.3 Å². The van der Waals surface area contributed by atoms with Gasteiger partial charge in [-0.05, 0) is 12.1 Å². The van der Waals surface area contributed by atoms with Crippen LogP contribution >= 0.6 is 0 Å². The second kappa shape index (κ2) is 3.57. The van der Waals surface area contributed by atoms with Gasteiger partial charge in [-0.1, -0.05) is 18.2 Å². The lowest BCUT2D eigenvalue weighted by Gasteiger charge is -1.97. The van der Waals surface area contributed by atoms with Gasteiger partial charge in [-0.25, -0.2) is 5.26 Å². The SMILES string of the molecule is N#CBNc1ccccc1. The summed E-state index contributed by atoms with van der Waals surface area (Å²) in [5.41, 5.74) is 0.990. The molecular formula is C7H7BN2. The number of nitrogens with zero attached hydrogens (tertiary/aromatic N) is 1. The Labute approximate surface area is 60.7 Å². The summed E-state index contributed by atoms with van der Waals surface area (Å²) in [5, 5.41) is 11.1. The fourth-order valence-corrected chi connectivity index (χ4v) is 0.698. The molecule has 3 heteroatoms. The van der Waals surface area contributed by atoms with Crippen LogP contribution in [0.3, 0.4) is 0 Å². The average Bonchev–Trinajstić information content (AvgIpc) is 2.03.